The molecule has 0 bridgehead atoms. The molecule has 4 heterocycles. The van der Waals surface area contributed by atoms with Crippen LogP contribution in [0.4, 0.5) is 5.82 Å². The maximum Gasteiger partial charge on any atom is 0.226 e. The molecule has 1 amide bonds. The Morgan fingerprint density at radius 3 is 2.75 bits per heavy atom. The van der Waals surface area contributed by atoms with Crippen molar-refractivity contribution in [3.05, 3.63) is 35.9 Å². The molecule has 8 nitrogen and oxygen atoms in total. The van der Waals surface area contributed by atoms with E-state index in [-0.39, 0.29) is 5.91 Å². The van der Waals surface area contributed by atoms with E-state index in [2.05, 4.69) is 31.3 Å². The summed E-state index contributed by atoms with van der Waals surface area (Å²) in [6.45, 7) is 6.13. The first-order chi connectivity index (χ1) is 15.7. The highest BCUT2D eigenvalue weighted by Crippen LogP contribution is 2.34. The summed E-state index contributed by atoms with van der Waals surface area (Å²) in [6.07, 6.45) is 10.5. The number of hydrogen-bond acceptors (Lipinski definition) is 7. The molecule has 32 heavy (non-hydrogen) atoms. The molecule has 1 saturated carbocycles. The molecule has 1 saturated heterocycles. The van der Waals surface area contributed by atoms with Gasteiger partial charge in [-0.1, -0.05) is 5.16 Å². The van der Waals surface area contributed by atoms with Gasteiger partial charge in [-0.15, -0.1) is 0 Å². The second-order valence-corrected chi connectivity index (χ2v) is 9.29. The van der Waals surface area contributed by atoms with Crippen LogP contribution in [0.2, 0.25) is 0 Å². The fourth-order valence-electron chi connectivity index (χ4n) is 5.23. The smallest absolute Gasteiger partial charge is 0.226 e. The van der Waals surface area contributed by atoms with Crippen molar-refractivity contribution in [2.24, 2.45) is 5.92 Å². The van der Waals surface area contributed by atoms with E-state index < -0.39 is 0 Å². The third-order valence-electron chi connectivity index (χ3n) is 7.16. The lowest BCUT2D eigenvalue weighted by molar-refractivity contribution is -0.121. The van der Waals surface area contributed by atoms with Crippen LogP contribution < -0.4 is 15.0 Å². The monoisotopic (exact) mass is 439 g/mol. The number of fused-ring (bicyclic) bond motifs is 1. The average molecular weight is 440 g/mol. The molecule has 2 aliphatic heterocycles. The van der Waals surface area contributed by atoms with E-state index in [4.69, 9.17) is 9.26 Å². The van der Waals surface area contributed by atoms with E-state index in [1.807, 2.05) is 6.20 Å². The van der Waals surface area contributed by atoms with Gasteiger partial charge in [0.2, 0.25) is 5.91 Å². The minimum Gasteiger partial charge on any atom is -0.489 e. The van der Waals surface area contributed by atoms with Crippen molar-refractivity contribution < 1.29 is 14.1 Å². The van der Waals surface area contributed by atoms with Gasteiger partial charge in [-0.25, -0.2) is 4.98 Å². The van der Waals surface area contributed by atoms with Gasteiger partial charge in [-0.3, -0.25) is 9.69 Å². The normalized spacial score (nSPS) is 23.6. The maximum atomic E-state index is 12.2. The molecule has 0 unspecified atom stereocenters. The van der Waals surface area contributed by atoms with Crippen molar-refractivity contribution in [2.75, 3.05) is 44.2 Å². The number of carbonyl (C=O) groups is 1. The van der Waals surface area contributed by atoms with Gasteiger partial charge in [0.05, 0.1) is 18.7 Å². The van der Waals surface area contributed by atoms with Crippen LogP contribution in [0.25, 0.3) is 0 Å². The molecule has 3 aliphatic rings. The Labute approximate surface area is 189 Å². The predicted octanol–water partition coefficient (Wildman–Crippen LogP) is 2.43. The number of hydrogen-bond donors (Lipinski definition) is 1. The van der Waals surface area contributed by atoms with Crippen LogP contribution in [-0.2, 0) is 17.6 Å². The molecule has 172 valence electrons. The summed E-state index contributed by atoms with van der Waals surface area (Å²) in [4.78, 5) is 21.8. The second-order valence-electron chi connectivity index (χ2n) is 9.29. The summed E-state index contributed by atoms with van der Waals surface area (Å²) in [7, 11) is 0. The molecule has 2 fully saturated rings. The van der Waals surface area contributed by atoms with Crippen molar-refractivity contribution >= 4 is 11.7 Å². The summed E-state index contributed by atoms with van der Waals surface area (Å²) in [5.41, 5.74) is 1.98. The minimum atomic E-state index is 0.0455. The Balaban J connectivity index is 1.00. The number of aromatic nitrogens is 2. The lowest BCUT2D eigenvalue weighted by atomic mass is 9.84. The molecule has 1 aliphatic carbocycles. The van der Waals surface area contributed by atoms with Crippen molar-refractivity contribution in [1.29, 1.82) is 0 Å². The Morgan fingerprint density at radius 2 is 1.97 bits per heavy atom. The van der Waals surface area contributed by atoms with E-state index in [9.17, 15) is 4.79 Å². The Kier molecular flexibility index (Phi) is 6.57. The summed E-state index contributed by atoms with van der Waals surface area (Å²) in [5, 5.41) is 6.98. The van der Waals surface area contributed by atoms with E-state index in [1.165, 1.54) is 37.6 Å². The molecule has 0 spiro atoms. The Bertz CT molecular complexity index is 887. The van der Waals surface area contributed by atoms with E-state index in [0.29, 0.717) is 18.2 Å². The number of ether oxygens (including phenoxy) is 1. The fourth-order valence-corrected chi connectivity index (χ4v) is 5.23. The van der Waals surface area contributed by atoms with Crippen molar-refractivity contribution in [1.82, 2.24) is 20.4 Å². The molecule has 8 heteroatoms. The van der Waals surface area contributed by atoms with Crippen LogP contribution in [0, 0.1) is 5.92 Å². The van der Waals surface area contributed by atoms with Crippen molar-refractivity contribution in [3.8, 4) is 5.75 Å². The highest BCUT2D eigenvalue weighted by molar-refractivity contribution is 5.78. The second kappa shape index (κ2) is 9.90. The first-order valence-corrected chi connectivity index (χ1v) is 12.0. The lowest BCUT2D eigenvalue weighted by Gasteiger charge is -2.37. The van der Waals surface area contributed by atoms with Crippen LogP contribution in [0.5, 0.6) is 5.75 Å². The van der Waals surface area contributed by atoms with Gasteiger partial charge in [-0.2, -0.15) is 0 Å². The van der Waals surface area contributed by atoms with Gasteiger partial charge in [0.15, 0.2) is 11.6 Å². The van der Waals surface area contributed by atoms with Crippen molar-refractivity contribution in [3.63, 3.8) is 0 Å². The van der Waals surface area contributed by atoms with Gasteiger partial charge < -0.3 is 19.5 Å². The molecule has 2 aromatic heterocycles. The van der Waals surface area contributed by atoms with Crippen LogP contribution in [0.1, 0.15) is 43.4 Å². The van der Waals surface area contributed by atoms with Crippen LogP contribution in [-0.4, -0.2) is 66.3 Å². The fraction of sp³-hybridized carbons (Fsp3) is 0.625. The van der Waals surface area contributed by atoms with E-state index >= 15 is 0 Å². The molecule has 5 rings (SSSR count). The van der Waals surface area contributed by atoms with Gasteiger partial charge in [0, 0.05) is 56.5 Å². The number of rotatable bonds is 7. The summed E-state index contributed by atoms with van der Waals surface area (Å²) in [6, 6.07) is 4.13. The number of pyridine rings is 1. The van der Waals surface area contributed by atoms with Gasteiger partial charge in [0.25, 0.3) is 0 Å². The predicted molar refractivity (Wildman–Crippen MR) is 121 cm³/mol. The molecular weight excluding hydrogens is 406 g/mol. The summed E-state index contributed by atoms with van der Waals surface area (Å²) >= 11 is 0. The largest absolute Gasteiger partial charge is 0.489 e. The third-order valence-corrected chi connectivity index (χ3v) is 7.16. The standard InChI is InChI=1S/C24H33N5O3/c30-22(17-21-8-16-32-27-21)26-20-3-1-18(2-4-20)6-10-28-11-13-29(14-12-28)24-23-19(5-9-25-24)7-15-31-23/h5,8-9,16,18,20H,1-4,6-7,10-15,17H2,(H,26,30). The first-order valence-electron chi connectivity index (χ1n) is 12.0. The van der Waals surface area contributed by atoms with Crippen molar-refractivity contribution in [2.45, 2.75) is 51.0 Å². The Hall–Kier alpha value is -2.61. The number of amides is 1. The van der Waals surface area contributed by atoms with Gasteiger partial charge in [0.1, 0.15) is 6.26 Å². The quantitative estimate of drug-likeness (QED) is 0.709. The van der Waals surface area contributed by atoms with E-state index in [1.54, 1.807) is 6.07 Å². The molecule has 0 radical (unpaired) electrons. The van der Waals surface area contributed by atoms with Crippen LogP contribution >= 0.6 is 0 Å². The first kappa shape index (κ1) is 21.2. The molecule has 0 atom stereocenters. The molecule has 2 aromatic rings. The van der Waals surface area contributed by atoms with Crippen LogP contribution in [0.3, 0.4) is 0 Å². The summed E-state index contributed by atoms with van der Waals surface area (Å²) in [5.74, 6) is 2.85. The van der Waals surface area contributed by atoms with Crippen LogP contribution in [0.15, 0.2) is 29.1 Å². The third kappa shape index (κ3) is 5.06. The van der Waals surface area contributed by atoms with E-state index in [0.717, 1.165) is 69.5 Å². The average Bonchev–Trinajstić information content (AvgIpc) is 3.51. The summed E-state index contributed by atoms with van der Waals surface area (Å²) < 4.78 is 10.6. The number of anilines is 1. The molecular formula is C24H33N5O3. The SMILES string of the molecule is O=C(Cc1ccon1)NC1CCC(CCN2CCN(c3nccc4c3OCC4)CC2)CC1. The number of carbonyl (C=O) groups excluding carboxylic acids is 1. The molecule has 0 aromatic carbocycles. The zero-order chi connectivity index (χ0) is 21.8. The highest BCUT2D eigenvalue weighted by atomic mass is 16.5. The van der Waals surface area contributed by atoms with Gasteiger partial charge in [-0.05, 0) is 50.6 Å². The molecule has 1 N–H and O–H groups in total. The Morgan fingerprint density at radius 1 is 1.12 bits per heavy atom. The topological polar surface area (TPSA) is 83.7 Å². The zero-order valence-electron chi connectivity index (χ0n) is 18.7. The number of piperazine rings is 1. The highest BCUT2D eigenvalue weighted by Gasteiger charge is 2.26. The zero-order valence-corrected chi connectivity index (χ0v) is 18.7. The van der Waals surface area contributed by atoms with Gasteiger partial charge >= 0.3 is 0 Å². The number of nitrogens with zero attached hydrogens (tertiary/aromatic N) is 4. The lowest BCUT2D eigenvalue weighted by Crippen LogP contribution is -2.47. The number of nitrogens with one attached hydrogen (secondary N) is 1. The maximum absolute atomic E-state index is 12.2. The minimum absolute atomic E-state index is 0.0455.